The number of aliphatic imine (C=N–C) groups is 1. The lowest BCUT2D eigenvalue weighted by atomic mass is 10.0. The fraction of sp³-hybridized carbons (Fsp3) is 0.429. The van der Waals surface area contributed by atoms with Crippen molar-refractivity contribution >= 4 is 37.4 Å². The Morgan fingerprint density at radius 2 is 1.94 bits per heavy atom. The fourth-order valence-corrected chi connectivity index (χ4v) is 6.78. The molecular formula is C21H27N5O5S2. The Kier molecular flexibility index (Phi) is 6.10. The van der Waals surface area contributed by atoms with Crippen LogP contribution in [0.15, 0.2) is 44.8 Å². The quantitative estimate of drug-likeness (QED) is 0.621. The summed E-state index contributed by atoms with van der Waals surface area (Å²) in [6.07, 6.45) is 6.46. The van der Waals surface area contributed by atoms with Gasteiger partial charge in [0.05, 0.1) is 5.69 Å². The maximum absolute atomic E-state index is 13.2. The molecule has 0 spiro atoms. The van der Waals surface area contributed by atoms with E-state index in [1.165, 1.54) is 26.1 Å². The van der Waals surface area contributed by atoms with Gasteiger partial charge in [0.2, 0.25) is 4.87 Å². The van der Waals surface area contributed by atoms with E-state index in [1.54, 1.807) is 24.3 Å². The van der Waals surface area contributed by atoms with Gasteiger partial charge in [-0.1, -0.05) is 5.16 Å². The molecule has 2 aliphatic heterocycles. The number of nitrogens with zero attached hydrogens (tertiary/aromatic N) is 3. The van der Waals surface area contributed by atoms with Crippen LogP contribution in [0.1, 0.15) is 23.4 Å². The molecule has 2 aromatic rings. The largest absolute Gasteiger partial charge is 0.370 e. The molecule has 1 atom stereocenters. The zero-order chi connectivity index (χ0) is 23.9. The first kappa shape index (κ1) is 23.5. The lowest BCUT2D eigenvalue weighted by Gasteiger charge is -2.29. The fourth-order valence-electron chi connectivity index (χ4n) is 4.22. The average Bonchev–Trinajstić information content (AvgIpc) is 3.27. The van der Waals surface area contributed by atoms with E-state index >= 15 is 0 Å². The van der Waals surface area contributed by atoms with Crippen LogP contribution >= 0.6 is 0 Å². The average molecular weight is 494 g/mol. The van der Waals surface area contributed by atoms with Crippen LogP contribution in [-0.4, -0.2) is 60.6 Å². The van der Waals surface area contributed by atoms with Gasteiger partial charge >= 0.3 is 0 Å². The molecule has 1 aromatic heterocycles. The van der Waals surface area contributed by atoms with Crippen molar-refractivity contribution in [2.24, 2.45) is 4.99 Å². The van der Waals surface area contributed by atoms with Gasteiger partial charge in [-0.05, 0) is 57.2 Å². The summed E-state index contributed by atoms with van der Waals surface area (Å²) in [6.45, 7) is 6.28. The lowest BCUT2D eigenvalue weighted by molar-refractivity contribution is 0.390. The minimum Gasteiger partial charge on any atom is -0.370 e. The summed E-state index contributed by atoms with van der Waals surface area (Å²) < 4.78 is 59.9. The number of sulfonamides is 1. The first-order valence-corrected chi connectivity index (χ1v) is 13.9. The number of sulfone groups is 1. The Morgan fingerprint density at radius 1 is 1.15 bits per heavy atom. The van der Waals surface area contributed by atoms with Crippen LogP contribution in [0.4, 0.5) is 11.4 Å². The summed E-state index contributed by atoms with van der Waals surface area (Å²) in [5.74, 6) is 0.145. The number of hydrogen-bond donors (Lipinski definition) is 2. The molecular weight excluding hydrogens is 466 g/mol. The number of hydrogen-bond acceptors (Lipinski definition) is 9. The Morgan fingerprint density at radius 3 is 2.58 bits per heavy atom. The van der Waals surface area contributed by atoms with Gasteiger partial charge in [-0.25, -0.2) is 16.8 Å². The van der Waals surface area contributed by atoms with Crippen molar-refractivity contribution in [3.05, 3.63) is 47.4 Å². The standard InChI is InChI=1S/C21H27N5O5S2/c1-15-20(16(2)31-24-15)33(29,30)25-19-7-6-17(26-12-5-9-22-11-13-26)14-18(19)21(32(3,27)28)8-4-10-23-21/h4,6-8,10,14,22,25H,5,9,11-13H2,1-3H3. The van der Waals surface area contributed by atoms with E-state index in [-0.39, 0.29) is 27.6 Å². The number of benzene rings is 1. The van der Waals surface area contributed by atoms with Crippen LogP contribution in [0.3, 0.4) is 0 Å². The van der Waals surface area contributed by atoms with Gasteiger partial charge in [0, 0.05) is 43.4 Å². The van der Waals surface area contributed by atoms with Crippen LogP contribution in [0.2, 0.25) is 0 Å². The highest BCUT2D eigenvalue weighted by Crippen LogP contribution is 2.42. The molecule has 2 aliphatic rings. The molecule has 10 nitrogen and oxygen atoms in total. The highest BCUT2D eigenvalue weighted by molar-refractivity contribution is 7.93. The summed E-state index contributed by atoms with van der Waals surface area (Å²) in [5, 5.41) is 7.06. The van der Waals surface area contributed by atoms with Gasteiger partial charge in [0.15, 0.2) is 20.5 Å². The molecule has 3 heterocycles. The van der Waals surface area contributed by atoms with E-state index in [9.17, 15) is 16.8 Å². The first-order valence-electron chi connectivity index (χ1n) is 10.5. The molecule has 4 rings (SSSR count). The molecule has 1 saturated heterocycles. The van der Waals surface area contributed by atoms with Crippen molar-refractivity contribution in [2.75, 3.05) is 42.1 Å². The number of anilines is 2. The van der Waals surface area contributed by atoms with E-state index < -0.39 is 24.7 Å². The molecule has 0 bridgehead atoms. The predicted octanol–water partition coefficient (Wildman–Crippen LogP) is 1.73. The van der Waals surface area contributed by atoms with Crippen molar-refractivity contribution in [1.29, 1.82) is 0 Å². The zero-order valence-electron chi connectivity index (χ0n) is 18.7. The third kappa shape index (κ3) is 4.30. The first-order chi connectivity index (χ1) is 15.6. The highest BCUT2D eigenvalue weighted by atomic mass is 32.2. The van der Waals surface area contributed by atoms with Gasteiger partial charge in [-0.2, -0.15) is 0 Å². The predicted molar refractivity (Wildman–Crippen MR) is 127 cm³/mol. The van der Waals surface area contributed by atoms with E-state index in [2.05, 4.69) is 25.1 Å². The minimum absolute atomic E-state index is 0.0741. The molecule has 1 fully saturated rings. The van der Waals surface area contributed by atoms with Gasteiger partial charge < -0.3 is 14.7 Å². The Labute approximate surface area is 193 Å². The highest BCUT2D eigenvalue weighted by Gasteiger charge is 2.44. The second-order valence-corrected chi connectivity index (χ2v) is 12.0. The van der Waals surface area contributed by atoms with Crippen molar-refractivity contribution in [3.63, 3.8) is 0 Å². The molecule has 2 N–H and O–H groups in total. The van der Waals surface area contributed by atoms with Crippen molar-refractivity contribution in [2.45, 2.75) is 30.0 Å². The molecule has 1 aromatic carbocycles. The van der Waals surface area contributed by atoms with Gasteiger partial charge in [0.25, 0.3) is 10.0 Å². The van der Waals surface area contributed by atoms with Gasteiger partial charge in [-0.15, -0.1) is 0 Å². The molecule has 1 unspecified atom stereocenters. The number of aromatic nitrogens is 1. The van der Waals surface area contributed by atoms with Crippen LogP contribution in [-0.2, 0) is 24.7 Å². The van der Waals surface area contributed by atoms with E-state index in [0.29, 0.717) is 0 Å². The Balaban J connectivity index is 1.87. The molecule has 0 amide bonds. The van der Waals surface area contributed by atoms with Crippen molar-refractivity contribution in [3.8, 4) is 0 Å². The Bertz CT molecular complexity index is 1290. The number of allylic oxidation sites excluding steroid dienone is 1. The molecule has 0 aliphatic carbocycles. The lowest BCUT2D eigenvalue weighted by Crippen LogP contribution is -2.33. The third-order valence-corrected chi connectivity index (χ3v) is 9.02. The normalized spacial score (nSPS) is 21.4. The summed E-state index contributed by atoms with van der Waals surface area (Å²) in [4.78, 5) is 4.62. The smallest absolute Gasteiger partial charge is 0.267 e. The van der Waals surface area contributed by atoms with Crippen LogP contribution in [0.5, 0.6) is 0 Å². The molecule has 0 saturated carbocycles. The molecule has 12 heteroatoms. The van der Waals surface area contributed by atoms with Gasteiger partial charge in [-0.3, -0.25) is 9.71 Å². The monoisotopic (exact) mass is 493 g/mol. The van der Waals surface area contributed by atoms with Crippen molar-refractivity contribution < 1.29 is 21.4 Å². The molecule has 0 radical (unpaired) electrons. The third-order valence-electron chi connectivity index (χ3n) is 5.82. The topological polar surface area (TPSA) is 134 Å². The summed E-state index contributed by atoms with van der Waals surface area (Å²) in [7, 11) is -7.90. The van der Waals surface area contributed by atoms with Crippen LogP contribution in [0.25, 0.3) is 0 Å². The minimum atomic E-state index is -4.10. The second-order valence-electron chi connectivity index (χ2n) is 8.19. The SMILES string of the molecule is Cc1noc(C)c1S(=O)(=O)Nc1ccc(N2CCCNCC2)cc1C1(S(C)(=O)=O)C=CC=N1. The second kappa shape index (κ2) is 8.58. The van der Waals surface area contributed by atoms with Crippen LogP contribution < -0.4 is 14.9 Å². The number of nitrogens with one attached hydrogen (secondary N) is 2. The zero-order valence-corrected chi connectivity index (χ0v) is 20.3. The molecule has 178 valence electrons. The number of rotatable bonds is 6. The van der Waals surface area contributed by atoms with Crippen LogP contribution in [0, 0.1) is 13.8 Å². The maximum Gasteiger partial charge on any atom is 0.267 e. The summed E-state index contributed by atoms with van der Waals surface area (Å²) in [5.41, 5.74) is 1.38. The molecule has 33 heavy (non-hydrogen) atoms. The summed E-state index contributed by atoms with van der Waals surface area (Å²) in [6, 6.07) is 5.09. The number of aryl methyl sites for hydroxylation is 2. The van der Waals surface area contributed by atoms with E-state index in [0.717, 1.165) is 44.5 Å². The van der Waals surface area contributed by atoms with Gasteiger partial charge in [0.1, 0.15) is 5.69 Å². The van der Waals surface area contributed by atoms with E-state index in [4.69, 9.17) is 4.52 Å². The van der Waals surface area contributed by atoms with Crippen molar-refractivity contribution in [1.82, 2.24) is 10.5 Å². The maximum atomic E-state index is 13.2. The summed E-state index contributed by atoms with van der Waals surface area (Å²) >= 11 is 0. The Hall–Kier alpha value is -2.70. The van der Waals surface area contributed by atoms with E-state index in [1.807, 2.05) is 0 Å².